The van der Waals surface area contributed by atoms with Crippen molar-refractivity contribution in [3.8, 4) is 22.5 Å². The van der Waals surface area contributed by atoms with Gasteiger partial charge in [-0.1, -0.05) is 39.3 Å². The molecule has 2 aromatic carbocycles. The zero-order valence-electron chi connectivity index (χ0n) is 10.6. The molecule has 106 valence electrons. The number of anilines is 1. The van der Waals surface area contributed by atoms with E-state index in [1.165, 1.54) is 6.07 Å². The van der Waals surface area contributed by atoms with Crippen LogP contribution >= 0.6 is 15.9 Å². The van der Waals surface area contributed by atoms with Gasteiger partial charge < -0.3 is 10.3 Å². The van der Waals surface area contributed by atoms with Crippen LogP contribution < -0.4 is 5.73 Å². The summed E-state index contributed by atoms with van der Waals surface area (Å²) in [5, 5.41) is 3.73. The topological polar surface area (TPSA) is 52.0 Å². The Bertz CT molecular complexity index is 817. The van der Waals surface area contributed by atoms with Crippen molar-refractivity contribution in [3.05, 3.63) is 58.6 Å². The Balaban J connectivity index is 2.22. The highest BCUT2D eigenvalue weighted by Gasteiger charge is 2.20. The maximum Gasteiger partial charge on any atom is 0.177 e. The van der Waals surface area contributed by atoms with Crippen LogP contribution in [0.3, 0.4) is 0 Å². The number of nitrogens with zero attached hydrogens (tertiary/aromatic N) is 1. The second kappa shape index (κ2) is 5.29. The number of aromatic nitrogens is 1. The average molecular weight is 351 g/mol. The summed E-state index contributed by atoms with van der Waals surface area (Å²) in [5.74, 6) is -1.41. The van der Waals surface area contributed by atoms with Gasteiger partial charge in [0.25, 0.3) is 0 Å². The fourth-order valence-electron chi connectivity index (χ4n) is 2.06. The summed E-state index contributed by atoms with van der Waals surface area (Å²) in [4.78, 5) is 0. The van der Waals surface area contributed by atoms with Crippen LogP contribution in [0.1, 0.15) is 0 Å². The van der Waals surface area contributed by atoms with E-state index in [1.807, 2.05) is 24.3 Å². The fraction of sp³-hybridized carbons (Fsp3) is 0. The number of hydrogen-bond acceptors (Lipinski definition) is 3. The predicted octanol–water partition coefficient (Wildman–Crippen LogP) is 4.63. The van der Waals surface area contributed by atoms with Gasteiger partial charge in [0.15, 0.2) is 23.2 Å². The molecule has 0 aliphatic carbocycles. The van der Waals surface area contributed by atoms with Crippen molar-refractivity contribution in [3.63, 3.8) is 0 Å². The van der Waals surface area contributed by atoms with Crippen LogP contribution in [0.5, 0.6) is 0 Å². The molecular weight excluding hydrogens is 342 g/mol. The summed E-state index contributed by atoms with van der Waals surface area (Å²) in [6, 6.07) is 10.9. The Morgan fingerprint density at radius 2 is 1.81 bits per heavy atom. The first kappa shape index (κ1) is 13.8. The quantitative estimate of drug-likeness (QED) is 0.732. The summed E-state index contributed by atoms with van der Waals surface area (Å²) in [6.45, 7) is 0. The first-order valence-electron chi connectivity index (χ1n) is 6.03. The first-order chi connectivity index (χ1) is 10.1. The number of hydrogen-bond donors (Lipinski definition) is 1. The Labute approximate surface area is 127 Å². The van der Waals surface area contributed by atoms with Gasteiger partial charge in [-0.05, 0) is 24.3 Å². The van der Waals surface area contributed by atoms with E-state index in [0.29, 0.717) is 16.9 Å². The van der Waals surface area contributed by atoms with Crippen LogP contribution in [-0.2, 0) is 0 Å². The fourth-order valence-corrected chi connectivity index (χ4v) is 2.54. The van der Waals surface area contributed by atoms with Crippen LogP contribution in [0.4, 0.5) is 14.6 Å². The lowest BCUT2D eigenvalue weighted by molar-refractivity contribution is 0.435. The summed E-state index contributed by atoms with van der Waals surface area (Å²) in [6.07, 6.45) is 0. The number of halogens is 3. The van der Waals surface area contributed by atoms with Gasteiger partial charge in [-0.25, -0.2) is 8.78 Å². The molecule has 3 nitrogen and oxygen atoms in total. The smallest absolute Gasteiger partial charge is 0.177 e. The molecule has 1 heterocycles. The molecule has 0 saturated heterocycles. The summed E-state index contributed by atoms with van der Waals surface area (Å²) >= 11 is 3.43. The molecule has 21 heavy (non-hydrogen) atoms. The van der Waals surface area contributed by atoms with E-state index in [1.54, 1.807) is 0 Å². The van der Waals surface area contributed by atoms with Crippen molar-refractivity contribution in [2.75, 3.05) is 5.73 Å². The van der Waals surface area contributed by atoms with Crippen molar-refractivity contribution in [2.24, 2.45) is 0 Å². The number of rotatable bonds is 2. The third kappa shape index (κ3) is 2.42. The SMILES string of the molecule is Nc1noc(-c2ccc(F)c(F)c2)c1-c1ccccc1Br. The summed E-state index contributed by atoms with van der Waals surface area (Å²) in [7, 11) is 0. The highest BCUT2D eigenvalue weighted by atomic mass is 79.9. The van der Waals surface area contributed by atoms with Gasteiger partial charge in [-0.2, -0.15) is 0 Å². The van der Waals surface area contributed by atoms with Gasteiger partial charge in [-0.3, -0.25) is 0 Å². The van der Waals surface area contributed by atoms with E-state index in [4.69, 9.17) is 10.3 Å². The molecule has 0 bridgehead atoms. The Hall–Kier alpha value is -2.21. The largest absolute Gasteiger partial charge is 0.380 e. The summed E-state index contributed by atoms with van der Waals surface area (Å²) < 4.78 is 32.5. The zero-order valence-corrected chi connectivity index (χ0v) is 12.2. The van der Waals surface area contributed by atoms with E-state index >= 15 is 0 Å². The lowest BCUT2D eigenvalue weighted by Crippen LogP contribution is -1.90. The normalized spacial score (nSPS) is 10.8. The molecule has 6 heteroatoms. The van der Waals surface area contributed by atoms with Crippen molar-refractivity contribution < 1.29 is 13.3 Å². The second-order valence-electron chi connectivity index (χ2n) is 4.38. The van der Waals surface area contributed by atoms with Gasteiger partial charge in [0, 0.05) is 15.6 Å². The molecule has 0 atom stereocenters. The maximum atomic E-state index is 13.4. The molecule has 3 aromatic rings. The van der Waals surface area contributed by atoms with Gasteiger partial charge in [-0.15, -0.1) is 0 Å². The molecule has 3 rings (SSSR count). The number of nitrogen functional groups attached to an aromatic ring is 1. The minimum Gasteiger partial charge on any atom is -0.380 e. The molecule has 2 N–H and O–H groups in total. The molecule has 0 fully saturated rings. The number of nitrogens with two attached hydrogens (primary N) is 1. The molecule has 0 radical (unpaired) electrons. The van der Waals surface area contributed by atoms with Crippen LogP contribution in [0.25, 0.3) is 22.5 Å². The Morgan fingerprint density at radius 3 is 2.52 bits per heavy atom. The highest BCUT2D eigenvalue weighted by Crippen LogP contribution is 2.40. The van der Waals surface area contributed by atoms with E-state index in [-0.39, 0.29) is 5.82 Å². The molecule has 0 saturated carbocycles. The minimum atomic E-state index is -0.958. The highest BCUT2D eigenvalue weighted by molar-refractivity contribution is 9.10. The monoisotopic (exact) mass is 350 g/mol. The second-order valence-corrected chi connectivity index (χ2v) is 5.24. The van der Waals surface area contributed by atoms with Crippen molar-refractivity contribution in [1.29, 1.82) is 0 Å². The van der Waals surface area contributed by atoms with E-state index in [9.17, 15) is 8.78 Å². The molecule has 0 aliphatic heterocycles. The molecule has 1 aromatic heterocycles. The van der Waals surface area contributed by atoms with Gasteiger partial charge in [0.2, 0.25) is 0 Å². The van der Waals surface area contributed by atoms with Gasteiger partial charge in [0.1, 0.15) is 0 Å². The predicted molar refractivity (Wildman–Crippen MR) is 79.4 cm³/mol. The standard InChI is InChI=1S/C15H9BrF2N2O/c16-10-4-2-1-3-9(10)13-14(21-20-15(13)19)8-5-6-11(17)12(18)7-8/h1-7H,(H2,19,20). The van der Waals surface area contributed by atoms with Crippen LogP contribution in [0.15, 0.2) is 51.5 Å². The van der Waals surface area contributed by atoms with Gasteiger partial charge >= 0.3 is 0 Å². The minimum absolute atomic E-state index is 0.182. The van der Waals surface area contributed by atoms with E-state index < -0.39 is 11.6 Å². The van der Waals surface area contributed by atoms with Crippen molar-refractivity contribution in [2.45, 2.75) is 0 Å². The molecule has 0 spiro atoms. The lowest BCUT2D eigenvalue weighted by atomic mass is 10.0. The molecular formula is C15H9BrF2N2O. The summed E-state index contributed by atoms with van der Waals surface area (Å²) in [5.41, 5.74) is 7.51. The van der Waals surface area contributed by atoms with E-state index in [2.05, 4.69) is 21.1 Å². The Morgan fingerprint density at radius 1 is 1.05 bits per heavy atom. The van der Waals surface area contributed by atoms with Crippen LogP contribution in [0, 0.1) is 11.6 Å². The molecule has 0 amide bonds. The maximum absolute atomic E-state index is 13.4. The van der Waals surface area contributed by atoms with Crippen LogP contribution in [0.2, 0.25) is 0 Å². The zero-order chi connectivity index (χ0) is 15.0. The Kier molecular flexibility index (Phi) is 3.47. The average Bonchev–Trinajstić information content (AvgIpc) is 2.84. The van der Waals surface area contributed by atoms with Crippen LogP contribution in [-0.4, -0.2) is 5.16 Å². The lowest BCUT2D eigenvalue weighted by Gasteiger charge is -2.05. The third-order valence-electron chi connectivity index (χ3n) is 3.04. The van der Waals surface area contributed by atoms with Gasteiger partial charge in [0.05, 0.1) is 5.56 Å². The van der Waals surface area contributed by atoms with E-state index in [0.717, 1.165) is 22.2 Å². The molecule has 0 unspecified atom stereocenters. The molecule has 0 aliphatic rings. The van der Waals surface area contributed by atoms with Crippen molar-refractivity contribution >= 4 is 21.7 Å². The third-order valence-corrected chi connectivity index (χ3v) is 3.73. The van der Waals surface area contributed by atoms with Crippen molar-refractivity contribution in [1.82, 2.24) is 5.16 Å². The number of benzene rings is 2. The first-order valence-corrected chi connectivity index (χ1v) is 6.82.